The highest BCUT2D eigenvalue weighted by Gasteiger charge is 2.15. The second-order valence-electron chi connectivity index (χ2n) is 5.13. The van der Waals surface area contributed by atoms with Crippen LogP contribution in [0.25, 0.3) is 10.9 Å². The highest BCUT2D eigenvalue weighted by Crippen LogP contribution is 2.21. The van der Waals surface area contributed by atoms with Crippen LogP contribution in [-0.2, 0) is 4.74 Å². The minimum absolute atomic E-state index is 0.651. The normalized spacial score (nSPS) is 18.1. The number of pyridine rings is 1. The van der Waals surface area contributed by atoms with Crippen LogP contribution in [0.5, 0.6) is 0 Å². The molecule has 0 aliphatic carbocycles. The number of nitrogens with one attached hydrogen (secondary N) is 1. The summed E-state index contributed by atoms with van der Waals surface area (Å²) >= 11 is 0. The van der Waals surface area contributed by atoms with E-state index in [1.165, 1.54) is 0 Å². The third kappa shape index (κ3) is 2.73. The second kappa shape index (κ2) is 5.89. The molecule has 1 aliphatic heterocycles. The molecule has 1 fully saturated rings. The standard InChI is InChI=1S/C16H17N3O/c17-10-13-9-16(18-7-5-12-6-8-20-11-12)19-15-4-2-1-3-14(13)15/h1-4,9,12H,5-8,11H2,(H,18,19). The number of fused-ring (bicyclic) bond motifs is 1. The van der Waals surface area contributed by atoms with Crippen molar-refractivity contribution in [3.63, 3.8) is 0 Å². The van der Waals surface area contributed by atoms with Crippen LogP contribution in [0.4, 0.5) is 5.82 Å². The number of ether oxygens (including phenoxy) is 1. The fourth-order valence-electron chi connectivity index (χ4n) is 2.57. The average Bonchev–Trinajstić information content (AvgIpc) is 2.99. The smallest absolute Gasteiger partial charge is 0.127 e. The van der Waals surface area contributed by atoms with Gasteiger partial charge in [0.1, 0.15) is 5.82 Å². The number of anilines is 1. The molecule has 2 aromatic rings. The lowest BCUT2D eigenvalue weighted by Crippen LogP contribution is -2.10. The second-order valence-corrected chi connectivity index (χ2v) is 5.13. The van der Waals surface area contributed by atoms with Gasteiger partial charge in [-0.25, -0.2) is 4.98 Å². The van der Waals surface area contributed by atoms with E-state index in [0.29, 0.717) is 11.5 Å². The van der Waals surface area contributed by atoms with Gasteiger partial charge in [-0.1, -0.05) is 18.2 Å². The predicted octanol–water partition coefficient (Wildman–Crippen LogP) is 2.94. The molecule has 1 unspecified atom stereocenters. The van der Waals surface area contributed by atoms with E-state index in [1.54, 1.807) is 0 Å². The van der Waals surface area contributed by atoms with Crippen LogP contribution >= 0.6 is 0 Å². The van der Waals surface area contributed by atoms with Crippen LogP contribution in [0.15, 0.2) is 30.3 Å². The van der Waals surface area contributed by atoms with Gasteiger partial charge in [-0.05, 0) is 30.9 Å². The molecule has 0 saturated carbocycles. The van der Waals surface area contributed by atoms with Crippen molar-refractivity contribution in [1.82, 2.24) is 4.98 Å². The van der Waals surface area contributed by atoms with Crippen molar-refractivity contribution in [3.8, 4) is 6.07 Å². The molecule has 20 heavy (non-hydrogen) atoms. The Bertz CT molecular complexity index is 642. The van der Waals surface area contributed by atoms with Gasteiger partial charge in [0.05, 0.1) is 17.1 Å². The van der Waals surface area contributed by atoms with Gasteiger partial charge in [-0.2, -0.15) is 5.26 Å². The van der Waals surface area contributed by atoms with Crippen LogP contribution in [0.2, 0.25) is 0 Å². The van der Waals surface area contributed by atoms with E-state index >= 15 is 0 Å². The molecule has 1 atom stereocenters. The number of benzene rings is 1. The minimum Gasteiger partial charge on any atom is -0.381 e. The number of nitriles is 1. The molecule has 1 aromatic carbocycles. The van der Waals surface area contributed by atoms with Crippen LogP contribution in [0, 0.1) is 17.2 Å². The van der Waals surface area contributed by atoms with Gasteiger partial charge in [0.25, 0.3) is 0 Å². The Kier molecular flexibility index (Phi) is 3.80. The molecule has 4 heteroatoms. The Morgan fingerprint density at radius 3 is 3.10 bits per heavy atom. The molecule has 2 heterocycles. The SMILES string of the molecule is N#Cc1cc(NCCC2CCOC2)nc2ccccc12. The van der Waals surface area contributed by atoms with Crippen molar-refractivity contribution in [2.75, 3.05) is 25.1 Å². The maximum Gasteiger partial charge on any atom is 0.127 e. The summed E-state index contributed by atoms with van der Waals surface area (Å²) in [5.41, 5.74) is 1.53. The Balaban J connectivity index is 1.73. The molecule has 4 nitrogen and oxygen atoms in total. The van der Waals surface area contributed by atoms with Crippen molar-refractivity contribution in [2.45, 2.75) is 12.8 Å². The lowest BCUT2D eigenvalue weighted by molar-refractivity contribution is 0.185. The number of hydrogen-bond acceptors (Lipinski definition) is 4. The van der Waals surface area contributed by atoms with Crippen LogP contribution in [0.1, 0.15) is 18.4 Å². The Labute approximate surface area is 118 Å². The summed E-state index contributed by atoms with van der Waals surface area (Å²) < 4.78 is 5.37. The third-order valence-corrected chi connectivity index (χ3v) is 3.72. The largest absolute Gasteiger partial charge is 0.381 e. The van der Waals surface area contributed by atoms with Gasteiger partial charge >= 0.3 is 0 Å². The predicted molar refractivity (Wildman–Crippen MR) is 78.5 cm³/mol. The van der Waals surface area contributed by atoms with Gasteiger partial charge in [0.15, 0.2) is 0 Å². The Morgan fingerprint density at radius 2 is 2.30 bits per heavy atom. The molecule has 1 aromatic heterocycles. The van der Waals surface area contributed by atoms with Crippen molar-refractivity contribution >= 4 is 16.7 Å². The van der Waals surface area contributed by atoms with Crippen LogP contribution in [0.3, 0.4) is 0 Å². The van der Waals surface area contributed by atoms with Crippen molar-refractivity contribution < 1.29 is 4.74 Å². The number of hydrogen-bond donors (Lipinski definition) is 1. The summed E-state index contributed by atoms with van der Waals surface area (Å²) in [4.78, 5) is 4.55. The van der Waals surface area contributed by atoms with E-state index in [4.69, 9.17) is 4.74 Å². The molecule has 0 spiro atoms. The summed E-state index contributed by atoms with van der Waals surface area (Å²) in [7, 11) is 0. The first kappa shape index (κ1) is 12.9. The lowest BCUT2D eigenvalue weighted by atomic mass is 10.1. The van der Waals surface area contributed by atoms with E-state index in [0.717, 1.165) is 49.3 Å². The first-order valence-corrected chi connectivity index (χ1v) is 6.98. The molecule has 1 aliphatic rings. The molecule has 1 saturated heterocycles. The fraction of sp³-hybridized carbons (Fsp3) is 0.375. The first-order valence-electron chi connectivity index (χ1n) is 6.98. The number of rotatable bonds is 4. The van der Waals surface area contributed by atoms with E-state index in [2.05, 4.69) is 16.4 Å². The molecular formula is C16H17N3O. The number of aromatic nitrogens is 1. The summed E-state index contributed by atoms with van der Waals surface area (Å²) in [6.07, 6.45) is 2.23. The third-order valence-electron chi connectivity index (χ3n) is 3.72. The van der Waals surface area contributed by atoms with Crippen molar-refractivity contribution in [1.29, 1.82) is 5.26 Å². The minimum atomic E-state index is 0.651. The van der Waals surface area contributed by atoms with Crippen molar-refractivity contribution in [3.05, 3.63) is 35.9 Å². The van der Waals surface area contributed by atoms with Crippen LogP contribution < -0.4 is 5.32 Å². The highest BCUT2D eigenvalue weighted by atomic mass is 16.5. The molecule has 1 N–H and O–H groups in total. The maximum absolute atomic E-state index is 9.24. The molecular weight excluding hydrogens is 250 g/mol. The Morgan fingerprint density at radius 1 is 1.40 bits per heavy atom. The summed E-state index contributed by atoms with van der Waals surface area (Å²) in [5.74, 6) is 1.43. The monoisotopic (exact) mass is 267 g/mol. The van der Waals surface area contributed by atoms with Gasteiger partial charge < -0.3 is 10.1 Å². The Hall–Kier alpha value is -2.12. The zero-order valence-electron chi connectivity index (χ0n) is 11.3. The van der Waals surface area contributed by atoms with Gasteiger partial charge in [-0.3, -0.25) is 0 Å². The zero-order valence-corrected chi connectivity index (χ0v) is 11.3. The fourth-order valence-corrected chi connectivity index (χ4v) is 2.57. The van der Waals surface area contributed by atoms with Crippen LogP contribution in [-0.4, -0.2) is 24.7 Å². The number of para-hydroxylation sites is 1. The molecule has 0 radical (unpaired) electrons. The van der Waals surface area contributed by atoms with Gasteiger partial charge in [-0.15, -0.1) is 0 Å². The van der Waals surface area contributed by atoms with Crippen molar-refractivity contribution in [2.24, 2.45) is 5.92 Å². The summed E-state index contributed by atoms with van der Waals surface area (Å²) in [6, 6.07) is 11.8. The van der Waals surface area contributed by atoms with E-state index in [-0.39, 0.29) is 0 Å². The molecule has 0 amide bonds. The molecule has 102 valence electrons. The maximum atomic E-state index is 9.24. The quantitative estimate of drug-likeness (QED) is 0.925. The van der Waals surface area contributed by atoms with E-state index in [9.17, 15) is 5.26 Å². The van der Waals surface area contributed by atoms with Gasteiger partial charge in [0, 0.05) is 25.1 Å². The molecule has 0 bridgehead atoms. The summed E-state index contributed by atoms with van der Waals surface area (Å²) in [5, 5.41) is 13.5. The average molecular weight is 267 g/mol. The van der Waals surface area contributed by atoms with Gasteiger partial charge in [0.2, 0.25) is 0 Å². The van der Waals surface area contributed by atoms with E-state index in [1.807, 2.05) is 30.3 Å². The first-order chi connectivity index (χ1) is 9.86. The highest BCUT2D eigenvalue weighted by molar-refractivity contribution is 5.86. The zero-order chi connectivity index (χ0) is 13.8. The van der Waals surface area contributed by atoms with E-state index < -0.39 is 0 Å². The lowest BCUT2D eigenvalue weighted by Gasteiger charge is -2.10. The number of nitrogens with zero attached hydrogens (tertiary/aromatic N) is 2. The molecule has 3 rings (SSSR count). The summed E-state index contributed by atoms with van der Waals surface area (Å²) in [6.45, 7) is 2.62. The topological polar surface area (TPSA) is 57.9 Å².